The topological polar surface area (TPSA) is 70.8 Å². The van der Waals surface area contributed by atoms with Crippen LogP contribution in [0.3, 0.4) is 0 Å². The van der Waals surface area contributed by atoms with E-state index in [-0.39, 0.29) is 18.2 Å². The molecule has 2 atom stereocenters. The Hall–Kier alpha value is -0.650. The van der Waals surface area contributed by atoms with Gasteiger partial charge < -0.3 is 19.9 Å². The second-order valence-electron chi connectivity index (χ2n) is 7.20. The minimum atomic E-state index is -0.481. The maximum Gasteiger partial charge on any atom is 0.308 e. The van der Waals surface area contributed by atoms with E-state index in [1.54, 1.807) is 0 Å². The lowest BCUT2D eigenvalue weighted by Gasteiger charge is -2.42. The quantitative estimate of drug-likeness (QED) is 0.808. The first-order chi connectivity index (χ1) is 9.82. The molecule has 0 radical (unpaired) electrons. The molecule has 0 amide bonds. The summed E-state index contributed by atoms with van der Waals surface area (Å²) in [7, 11) is 0. The second-order valence-corrected chi connectivity index (χ2v) is 7.20. The predicted molar refractivity (Wildman–Crippen MR) is 79.7 cm³/mol. The van der Waals surface area contributed by atoms with E-state index in [4.69, 9.17) is 19.9 Å². The molecule has 1 saturated carbocycles. The molecule has 5 heteroatoms. The number of hydrogen-bond donors (Lipinski definition) is 1. The van der Waals surface area contributed by atoms with E-state index in [1.807, 2.05) is 20.8 Å². The highest BCUT2D eigenvalue weighted by Gasteiger charge is 2.45. The van der Waals surface area contributed by atoms with Gasteiger partial charge in [-0.25, -0.2) is 0 Å². The lowest BCUT2D eigenvalue weighted by atomic mass is 10.0. The molecule has 5 nitrogen and oxygen atoms in total. The fourth-order valence-corrected chi connectivity index (χ4v) is 3.23. The minimum absolute atomic E-state index is 0.0919. The standard InChI is InChI=1S/C16H29NO4/c1-15(2,3)21-14(18)11-13-10-12(6-9-17)19-16(20-13)7-4-5-8-16/h12-13H,4-11,17H2,1-3H3/t12-,13+/m0/s1. The van der Waals surface area contributed by atoms with Gasteiger partial charge in [0.2, 0.25) is 0 Å². The second kappa shape index (κ2) is 6.63. The highest BCUT2D eigenvalue weighted by atomic mass is 16.7. The molecule has 0 aromatic rings. The molecular formula is C16H29NO4. The summed E-state index contributed by atoms with van der Waals surface area (Å²) in [6.45, 7) is 6.24. The molecule has 122 valence electrons. The van der Waals surface area contributed by atoms with Crippen LogP contribution in [-0.2, 0) is 19.0 Å². The molecule has 0 aromatic heterocycles. The Labute approximate surface area is 127 Å². The molecule has 0 bridgehead atoms. The van der Waals surface area contributed by atoms with Crippen molar-refractivity contribution in [2.24, 2.45) is 5.73 Å². The number of carbonyl (C=O) groups is 1. The molecule has 21 heavy (non-hydrogen) atoms. The Morgan fingerprint density at radius 3 is 2.43 bits per heavy atom. The summed E-state index contributed by atoms with van der Waals surface area (Å²) < 4.78 is 17.7. The van der Waals surface area contributed by atoms with Gasteiger partial charge in [-0.05, 0) is 46.6 Å². The van der Waals surface area contributed by atoms with Crippen molar-refractivity contribution in [3.63, 3.8) is 0 Å². The number of ether oxygens (including phenoxy) is 3. The van der Waals surface area contributed by atoms with Gasteiger partial charge in [-0.3, -0.25) is 4.79 Å². The van der Waals surface area contributed by atoms with E-state index in [0.717, 1.165) is 38.5 Å². The van der Waals surface area contributed by atoms with Crippen molar-refractivity contribution in [2.75, 3.05) is 6.54 Å². The molecule has 2 fully saturated rings. The molecule has 2 N–H and O–H groups in total. The van der Waals surface area contributed by atoms with Crippen molar-refractivity contribution in [1.29, 1.82) is 0 Å². The van der Waals surface area contributed by atoms with Crippen LogP contribution in [0.4, 0.5) is 0 Å². The van der Waals surface area contributed by atoms with Crippen LogP contribution in [0.2, 0.25) is 0 Å². The zero-order chi connectivity index (χ0) is 15.5. The van der Waals surface area contributed by atoms with Crippen LogP contribution in [0, 0.1) is 0 Å². The highest BCUT2D eigenvalue weighted by Crippen LogP contribution is 2.41. The lowest BCUT2D eigenvalue weighted by Crippen LogP contribution is -2.48. The molecule has 2 aliphatic rings. The van der Waals surface area contributed by atoms with Gasteiger partial charge in [0, 0.05) is 19.3 Å². The fourth-order valence-electron chi connectivity index (χ4n) is 3.23. The first-order valence-corrected chi connectivity index (χ1v) is 8.09. The van der Waals surface area contributed by atoms with Crippen LogP contribution < -0.4 is 5.73 Å². The minimum Gasteiger partial charge on any atom is -0.460 e. The zero-order valence-electron chi connectivity index (χ0n) is 13.5. The molecule has 1 heterocycles. The third-order valence-corrected chi connectivity index (χ3v) is 3.96. The Balaban J connectivity index is 1.96. The van der Waals surface area contributed by atoms with Crippen LogP contribution in [0.1, 0.15) is 65.7 Å². The Kier molecular flexibility index (Phi) is 5.28. The van der Waals surface area contributed by atoms with Gasteiger partial charge in [0.05, 0.1) is 18.6 Å². The van der Waals surface area contributed by atoms with Gasteiger partial charge in [-0.1, -0.05) is 0 Å². The molecular weight excluding hydrogens is 270 g/mol. The van der Waals surface area contributed by atoms with Crippen LogP contribution in [0.5, 0.6) is 0 Å². The zero-order valence-corrected chi connectivity index (χ0v) is 13.5. The number of esters is 1. The predicted octanol–water partition coefficient (Wildman–Crippen LogP) is 2.51. The maximum atomic E-state index is 12.0. The molecule has 2 rings (SSSR count). The third kappa shape index (κ3) is 4.94. The number of hydrogen-bond acceptors (Lipinski definition) is 5. The summed E-state index contributed by atoms with van der Waals surface area (Å²) in [5.41, 5.74) is 5.21. The van der Waals surface area contributed by atoms with E-state index < -0.39 is 11.4 Å². The largest absolute Gasteiger partial charge is 0.460 e. The van der Waals surface area contributed by atoms with Gasteiger partial charge in [-0.15, -0.1) is 0 Å². The average Bonchev–Trinajstić information content (AvgIpc) is 2.73. The van der Waals surface area contributed by atoms with Crippen molar-refractivity contribution in [3.8, 4) is 0 Å². The summed E-state index contributed by atoms with van der Waals surface area (Å²) in [6.07, 6.45) is 5.87. The highest BCUT2D eigenvalue weighted by molar-refractivity contribution is 5.70. The van der Waals surface area contributed by atoms with Gasteiger partial charge in [0.1, 0.15) is 5.60 Å². The van der Waals surface area contributed by atoms with Crippen molar-refractivity contribution >= 4 is 5.97 Å². The summed E-state index contributed by atoms with van der Waals surface area (Å²) in [5.74, 6) is -0.681. The van der Waals surface area contributed by atoms with E-state index in [0.29, 0.717) is 13.0 Å². The maximum absolute atomic E-state index is 12.0. The number of carbonyl (C=O) groups excluding carboxylic acids is 1. The molecule has 1 aliphatic heterocycles. The normalized spacial score (nSPS) is 28.8. The van der Waals surface area contributed by atoms with E-state index in [2.05, 4.69) is 0 Å². The van der Waals surface area contributed by atoms with Gasteiger partial charge in [0.15, 0.2) is 5.79 Å². The van der Waals surface area contributed by atoms with Crippen molar-refractivity contribution in [3.05, 3.63) is 0 Å². The monoisotopic (exact) mass is 299 g/mol. The first-order valence-electron chi connectivity index (χ1n) is 8.09. The third-order valence-electron chi connectivity index (χ3n) is 3.96. The Bertz CT molecular complexity index is 358. The van der Waals surface area contributed by atoms with Crippen LogP contribution in [0.25, 0.3) is 0 Å². The summed E-state index contributed by atoms with van der Waals surface area (Å²) in [5, 5.41) is 0. The summed E-state index contributed by atoms with van der Waals surface area (Å²) in [6, 6.07) is 0. The number of nitrogens with two attached hydrogens (primary N) is 1. The summed E-state index contributed by atoms with van der Waals surface area (Å²) >= 11 is 0. The Morgan fingerprint density at radius 2 is 1.86 bits per heavy atom. The van der Waals surface area contributed by atoms with E-state index in [9.17, 15) is 4.79 Å². The van der Waals surface area contributed by atoms with E-state index in [1.165, 1.54) is 0 Å². The summed E-state index contributed by atoms with van der Waals surface area (Å²) in [4.78, 5) is 12.0. The molecule has 1 aliphatic carbocycles. The van der Waals surface area contributed by atoms with Crippen molar-refractivity contribution < 1.29 is 19.0 Å². The van der Waals surface area contributed by atoms with Crippen LogP contribution in [0.15, 0.2) is 0 Å². The smallest absolute Gasteiger partial charge is 0.308 e. The van der Waals surface area contributed by atoms with Crippen LogP contribution >= 0.6 is 0 Å². The molecule has 1 spiro atoms. The SMILES string of the molecule is CC(C)(C)OC(=O)C[C@H]1C[C@H](CCN)OC2(CCCC2)O1. The van der Waals surface area contributed by atoms with Gasteiger partial charge in [-0.2, -0.15) is 0 Å². The molecule has 0 unspecified atom stereocenters. The van der Waals surface area contributed by atoms with Crippen molar-refractivity contribution in [2.45, 2.75) is 89.3 Å². The van der Waals surface area contributed by atoms with Crippen LogP contribution in [-0.4, -0.2) is 36.1 Å². The molecule has 0 aromatic carbocycles. The van der Waals surface area contributed by atoms with Crippen molar-refractivity contribution in [1.82, 2.24) is 0 Å². The Morgan fingerprint density at radius 1 is 1.24 bits per heavy atom. The van der Waals surface area contributed by atoms with Gasteiger partial charge in [0.25, 0.3) is 0 Å². The average molecular weight is 299 g/mol. The van der Waals surface area contributed by atoms with E-state index >= 15 is 0 Å². The molecule has 1 saturated heterocycles. The lowest BCUT2D eigenvalue weighted by molar-refractivity contribution is -0.315. The van der Waals surface area contributed by atoms with Gasteiger partial charge >= 0.3 is 5.97 Å². The fraction of sp³-hybridized carbons (Fsp3) is 0.938. The first kappa shape index (κ1) is 16.7. The number of rotatable bonds is 4.